The zero-order chi connectivity index (χ0) is 10.8. The summed E-state index contributed by atoms with van der Waals surface area (Å²) in [5.74, 6) is -0.965. The Bertz CT molecular complexity index is 481. The van der Waals surface area contributed by atoms with E-state index in [1.165, 1.54) is 23.1 Å². The monoisotopic (exact) mass is 210 g/mol. The first-order valence-corrected chi connectivity index (χ1v) is 4.24. The number of rotatable bonds is 2. The zero-order valence-electron chi connectivity index (χ0n) is 7.69. The van der Waals surface area contributed by atoms with E-state index in [0.717, 1.165) is 6.07 Å². The highest BCUT2D eigenvalue weighted by Crippen LogP contribution is 2.10. The van der Waals surface area contributed by atoms with Crippen molar-refractivity contribution in [2.24, 2.45) is 0 Å². The van der Waals surface area contributed by atoms with Crippen LogP contribution in [0.1, 0.15) is 5.56 Å². The summed E-state index contributed by atoms with van der Waals surface area (Å²) in [5, 5.41) is 7.59. The van der Waals surface area contributed by atoms with Crippen molar-refractivity contribution in [3.8, 4) is 0 Å². The minimum absolute atomic E-state index is 0.128. The second-order valence-electron chi connectivity index (χ2n) is 3.04. The lowest BCUT2D eigenvalue weighted by Crippen LogP contribution is -2.06. The molecule has 6 heteroatoms. The minimum atomic E-state index is -0.620. The van der Waals surface area contributed by atoms with Crippen LogP contribution in [-0.4, -0.2) is 15.0 Å². The fourth-order valence-corrected chi connectivity index (χ4v) is 1.19. The van der Waals surface area contributed by atoms with Gasteiger partial charge >= 0.3 is 0 Å². The lowest BCUT2D eigenvalue weighted by molar-refractivity contribution is 0.537. The van der Waals surface area contributed by atoms with Crippen LogP contribution in [0.3, 0.4) is 0 Å². The lowest BCUT2D eigenvalue weighted by atomic mass is 10.2. The van der Waals surface area contributed by atoms with E-state index in [0.29, 0.717) is 5.56 Å². The van der Waals surface area contributed by atoms with Gasteiger partial charge in [0.25, 0.3) is 0 Å². The smallest absolute Gasteiger partial charge is 0.165 e. The van der Waals surface area contributed by atoms with Gasteiger partial charge in [-0.05, 0) is 6.07 Å². The molecule has 15 heavy (non-hydrogen) atoms. The Morgan fingerprint density at radius 3 is 2.73 bits per heavy atom. The number of aromatic nitrogens is 3. The molecule has 0 atom stereocenters. The van der Waals surface area contributed by atoms with Crippen LogP contribution in [0.15, 0.2) is 24.4 Å². The summed E-state index contributed by atoms with van der Waals surface area (Å²) in [6, 6.07) is 3.36. The van der Waals surface area contributed by atoms with Crippen molar-refractivity contribution in [2.75, 3.05) is 5.73 Å². The van der Waals surface area contributed by atoms with Crippen molar-refractivity contribution in [2.45, 2.75) is 6.54 Å². The molecule has 0 spiro atoms. The van der Waals surface area contributed by atoms with Gasteiger partial charge in [0, 0.05) is 11.6 Å². The van der Waals surface area contributed by atoms with Crippen molar-refractivity contribution < 1.29 is 8.78 Å². The Kier molecular flexibility index (Phi) is 2.32. The molecule has 1 aromatic heterocycles. The molecule has 0 saturated heterocycles. The van der Waals surface area contributed by atoms with Crippen LogP contribution in [-0.2, 0) is 6.54 Å². The average molecular weight is 210 g/mol. The highest BCUT2D eigenvalue weighted by atomic mass is 19.1. The largest absolute Gasteiger partial charge is 0.381 e. The summed E-state index contributed by atoms with van der Waals surface area (Å²) in [6.45, 7) is 0.128. The number of hydrogen-bond donors (Lipinski definition) is 1. The van der Waals surface area contributed by atoms with Crippen molar-refractivity contribution in [1.82, 2.24) is 15.0 Å². The van der Waals surface area contributed by atoms with E-state index in [-0.39, 0.29) is 12.4 Å². The Labute approximate surface area is 84.3 Å². The predicted molar refractivity (Wildman–Crippen MR) is 49.9 cm³/mol. The maximum Gasteiger partial charge on any atom is 0.165 e. The van der Waals surface area contributed by atoms with Gasteiger partial charge in [0.05, 0.1) is 12.7 Å². The van der Waals surface area contributed by atoms with Crippen LogP contribution in [0.4, 0.5) is 14.6 Å². The lowest BCUT2D eigenvalue weighted by Gasteiger charge is -2.01. The molecule has 0 radical (unpaired) electrons. The molecule has 0 saturated carbocycles. The average Bonchev–Trinajstić information content (AvgIpc) is 2.56. The molecule has 0 aliphatic heterocycles. The summed E-state index contributed by atoms with van der Waals surface area (Å²) >= 11 is 0. The molecule has 2 aromatic rings. The van der Waals surface area contributed by atoms with Crippen molar-refractivity contribution >= 4 is 5.82 Å². The maximum atomic E-state index is 13.2. The van der Waals surface area contributed by atoms with Gasteiger partial charge in [-0.2, -0.15) is 9.90 Å². The predicted octanol–water partition coefficient (Wildman–Crippen LogP) is 1.19. The van der Waals surface area contributed by atoms with Gasteiger partial charge in [0.2, 0.25) is 0 Å². The number of nitrogen functional groups attached to an aromatic ring is 1. The molecule has 78 valence electrons. The molecule has 0 unspecified atom stereocenters. The quantitative estimate of drug-likeness (QED) is 0.809. The van der Waals surface area contributed by atoms with Crippen molar-refractivity contribution in [3.63, 3.8) is 0 Å². The molecule has 0 bridgehead atoms. The number of hydrogen-bond acceptors (Lipinski definition) is 3. The van der Waals surface area contributed by atoms with Crippen molar-refractivity contribution in [3.05, 3.63) is 41.6 Å². The summed E-state index contributed by atoms with van der Waals surface area (Å²) in [7, 11) is 0. The van der Waals surface area contributed by atoms with Crippen LogP contribution in [0.5, 0.6) is 0 Å². The number of benzene rings is 1. The first-order chi connectivity index (χ1) is 7.15. The second-order valence-corrected chi connectivity index (χ2v) is 3.04. The number of nitrogens with two attached hydrogens (primary N) is 1. The fraction of sp³-hybridized carbons (Fsp3) is 0.111. The maximum absolute atomic E-state index is 13.2. The molecular weight excluding hydrogens is 202 g/mol. The standard InChI is InChI=1S/C9H8F2N4/c10-7-2-1-6(8(11)3-7)5-15-13-4-9(12)14-15/h1-4H,5H2,(H2,12,14). The fourth-order valence-electron chi connectivity index (χ4n) is 1.19. The summed E-state index contributed by atoms with van der Waals surface area (Å²) < 4.78 is 25.8. The van der Waals surface area contributed by atoms with Gasteiger partial charge < -0.3 is 5.73 Å². The van der Waals surface area contributed by atoms with Gasteiger partial charge in [0.1, 0.15) is 11.6 Å². The number of anilines is 1. The van der Waals surface area contributed by atoms with Crippen molar-refractivity contribution in [1.29, 1.82) is 0 Å². The van der Waals surface area contributed by atoms with Gasteiger partial charge in [-0.3, -0.25) is 0 Å². The van der Waals surface area contributed by atoms with Crippen LogP contribution in [0.2, 0.25) is 0 Å². The van der Waals surface area contributed by atoms with E-state index >= 15 is 0 Å². The molecule has 1 aromatic carbocycles. The first kappa shape index (κ1) is 9.57. The van der Waals surface area contributed by atoms with Crippen LogP contribution >= 0.6 is 0 Å². The van der Waals surface area contributed by atoms with Gasteiger partial charge in [0.15, 0.2) is 5.82 Å². The molecule has 1 heterocycles. The van der Waals surface area contributed by atoms with E-state index in [1.807, 2.05) is 0 Å². The van der Waals surface area contributed by atoms with Crippen LogP contribution in [0.25, 0.3) is 0 Å². The zero-order valence-corrected chi connectivity index (χ0v) is 7.69. The molecule has 0 fully saturated rings. The molecule has 0 aliphatic rings. The Morgan fingerprint density at radius 2 is 2.13 bits per heavy atom. The third kappa shape index (κ3) is 2.09. The minimum Gasteiger partial charge on any atom is -0.381 e. The molecule has 0 aliphatic carbocycles. The van der Waals surface area contributed by atoms with E-state index in [2.05, 4.69) is 10.2 Å². The summed E-state index contributed by atoms with van der Waals surface area (Å²) in [4.78, 5) is 1.24. The third-order valence-corrected chi connectivity index (χ3v) is 1.88. The van der Waals surface area contributed by atoms with E-state index < -0.39 is 11.6 Å². The highest BCUT2D eigenvalue weighted by molar-refractivity contribution is 5.21. The van der Waals surface area contributed by atoms with E-state index in [9.17, 15) is 8.78 Å². The van der Waals surface area contributed by atoms with Gasteiger partial charge in [-0.1, -0.05) is 6.07 Å². The molecular formula is C9H8F2N4. The van der Waals surface area contributed by atoms with Gasteiger partial charge in [-0.25, -0.2) is 8.78 Å². The topological polar surface area (TPSA) is 56.7 Å². The summed E-state index contributed by atoms with van der Waals surface area (Å²) in [6.07, 6.45) is 1.36. The van der Waals surface area contributed by atoms with Crippen LogP contribution < -0.4 is 5.73 Å². The number of nitrogens with zero attached hydrogens (tertiary/aromatic N) is 3. The molecule has 0 amide bonds. The summed E-state index contributed by atoms with van der Waals surface area (Å²) in [5.41, 5.74) is 5.66. The molecule has 2 rings (SSSR count). The normalized spacial score (nSPS) is 10.5. The number of halogens is 2. The first-order valence-electron chi connectivity index (χ1n) is 4.24. The molecule has 4 nitrogen and oxygen atoms in total. The SMILES string of the molecule is Nc1cnn(Cc2ccc(F)cc2F)n1. The molecule has 2 N–H and O–H groups in total. The Morgan fingerprint density at radius 1 is 1.33 bits per heavy atom. The third-order valence-electron chi connectivity index (χ3n) is 1.88. The van der Waals surface area contributed by atoms with Gasteiger partial charge in [-0.15, -0.1) is 5.10 Å². The van der Waals surface area contributed by atoms with Crippen LogP contribution in [0, 0.1) is 11.6 Å². The Balaban J connectivity index is 2.24. The second kappa shape index (κ2) is 3.64. The van der Waals surface area contributed by atoms with E-state index in [4.69, 9.17) is 5.73 Å². The Hall–Kier alpha value is -1.98. The highest BCUT2D eigenvalue weighted by Gasteiger charge is 2.05. The van der Waals surface area contributed by atoms with E-state index in [1.54, 1.807) is 0 Å².